The Bertz CT molecular complexity index is 638. The largest absolute Gasteiger partial charge is 0.398 e. The van der Waals surface area contributed by atoms with Gasteiger partial charge in [-0.25, -0.2) is 4.39 Å². The van der Waals surface area contributed by atoms with Gasteiger partial charge < -0.3 is 11.1 Å². The Hall–Kier alpha value is -2.36. The molecule has 0 bridgehead atoms. The molecular formula is C15H15FN2O. The number of hydrogen-bond acceptors (Lipinski definition) is 2. The van der Waals surface area contributed by atoms with Crippen molar-refractivity contribution in [1.82, 2.24) is 0 Å². The highest BCUT2D eigenvalue weighted by Crippen LogP contribution is 2.19. The summed E-state index contributed by atoms with van der Waals surface area (Å²) in [7, 11) is 0. The Kier molecular flexibility index (Phi) is 3.51. The summed E-state index contributed by atoms with van der Waals surface area (Å²) in [6, 6.07) is 9.26. The summed E-state index contributed by atoms with van der Waals surface area (Å²) in [6.45, 7) is 3.73. The Labute approximate surface area is 111 Å². The number of nitrogens with one attached hydrogen (secondary N) is 1. The van der Waals surface area contributed by atoms with Crippen LogP contribution in [0.2, 0.25) is 0 Å². The molecule has 98 valence electrons. The van der Waals surface area contributed by atoms with Gasteiger partial charge in [0.05, 0.1) is 0 Å². The molecule has 0 radical (unpaired) electrons. The molecule has 3 N–H and O–H groups in total. The highest BCUT2D eigenvalue weighted by atomic mass is 19.1. The van der Waals surface area contributed by atoms with Crippen LogP contribution < -0.4 is 11.1 Å². The molecule has 0 fully saturated rings. The van der Waals surface area contributed by atoms with E-state index in [4.69, 9.17) is 5.73 Å². The average molecular weight is 258 g/mol. The zero-order chi connectivity index (χ0) is 14.0. The smallest absolute Gasteiger partial charge is 0.256 e. The van der Waals surface area contributed by atoms with E-state index < -0.39 is 5.82 Å². The van der Waals surface area contributed by atoms with E-state index in [1.807, 2.05) is 19.9 Å². The summed E-state index contributed by atoms with van der Waals surface area (Å²) < 4.78 is 13.0. The van der Waals surface area contributed by atoms with Crippen molar-refractivity contribution in [3.63, 3.8) is 0 Å². The number of carbonyl (C=O) groups excluding carboxylic acids is 1. The highest BCUT2D eigenvalue weighted by Gasteiger charge is 2.11. The maximum absolute atomic E-state index is 13.0. The molecule has 2 aromatic carbocycles. The predicted octanol–water partition coefficient (Wildman–Crippen LogP) is 3.28. The van der Waals surface area contributed by atoms with Crippen LogP contribution in [0.5, 0.6) is 0 Å². The van der Waals surface area contributed by atoms with Crippen LogP contribution in [0.15, 0.2) is 36.4 Å². The number of nitrogen functional groups attached to an aromatic ring is 1. The van der Waals surface area contributed by atoms with E-state index in [1.165, 1.54) is 12.1 Å². The first-order valence-corrected chi connectivity index (χ1v) is 5.91. The van der Waals surface area contributed by atoms with E-state index in [9.17, 15) is 9.18 Å². The minimum atomic E-state index is -0.391. The van der Waals surface area contributed by atoms with Gasteiger partial charge in [0, 0.05) is 16.9 Å². The molecule has 0 saturated heterocycles. The van der Waals surface area contributed by atoms with E-state index in [1.54, 1.807) is 18.2 Å². The van der Waals surface area contributed by atoms with Gasteiger partial charge in [-0.1, -0.05) is 12.1 Å². The van der Waals surface area contributed by atoms with Gasteiger partial charge in [-0.05, 0) is 49.2 Å². The van der Waals surface area contributed by atoms with Crippen LogP contribution in [0.25, 0.3) is 0 Å². The molecule has 19 heavy (non-hydrogen) atoms. The quantitative estimate of drug-likeness (QED) is 0.812. The van der Waals surface area contributed by atoms with Crippen molar-refractivity contribution in [2.45, 2.75) is 13.8 Å². The lowest BCUT2D eigenvalue weighted by molar-refractivity contribution is 0.102. The SMILES string of the molecule is Cc1cc(C)c(C(=O)Nc2cccc(F)c2)cc1N. The van der Waals surface area contributed by atoms with Crippen LogP contribution >= 0.6 is 0 Å². The van der Waals surface area contributed by atoms with Crippen molar-refractivity contribution in [2.24, 2.45) is 0 Å². The Morgan fingerprint density at radius 2 is 1.89 bits per heavy atom. The maximum Gasteiger partial charge on any atom is 0.256 e. The molecule has 0 heterocycles. The second kappa shape index (κ2) is 5.10. The fraction of sp³-hybridized carbons (Fsp3) is 0.133. The first-order valence-electron chi connectivity index (χ1n) is 5.91. The van der Waals surface area contributed by atoms with Gasteiger partial charge in [0.15, 0.2) is 0 Å². The van der Waals surface area contributed by atoms with E-state index in [2.05, 4.69) is 5.32 Å². The predicted molar refractivity (Wildman–Crippen MR) is 74.7 cm³/mol. The molecule has 2 rings (SSSR count). The molecule has 0 aliphatic carbocycles. The van der Waals surface area contributed by atoms with Gasteiger partial charge in [0.1, 0.15) is 5.82 Å². The number of nitrogens with two attached hydrogens (primary N) is 1. The van der Waals surface area contributed by atoms with E-state index in [-0.39, 0.29) is 5.91 Å². The summed E-state index contributed by atoms with van der Waals surface area (Å²) >= 11 is 0. The van der Waals surface area contributed by atoms with Crippen LogP contribution in [0, 0.1) is 19.7 Å². The lowest BCUT2D eigenvalue weighted by atomic mass is 10.0. The monoisotopic (exact) mass is 258 g/mol. The zero-order valence-corrected chi connectivity index (χ0v) is 10.8. The Morgan fingerprint density at radius 3 is 2.58 bits per heavy atom. The van der Waals surface area contributed by atoms with Crippen LogP contribution in [-0.2, 0) is 0 Å². The topological polar surface area (TPSA) is 55.1 Å². The number of hydrogen-bond donors (Lipinski definition) is 2. The molecule has 3 nitrogen and oxygen atoms in total. The van der Waals surface area contributed by atoms with Gasteiger partial charge >= 0.3 is 0 Å². The third-order valence-corrected chi connectivity index (χ3v) is 2.94. The molecule has 0 aliphatic heterocycles. The number of anilines is 2. The van der Waals surface area contributed by atoms with Crippen LogP contribution in [0.3, 0.4) is 0 Å². The molecule has 0 atom stereocenters. The number of halogens is 1. The molecule has 2 aromatic rings. The molecule has 4 heteroatoms. The second-order valence-electron chi connectivity index (χ2n) is 4.49. The summed E-state index contributed by atoms with van der Waals surface area (Å²) in [5.41, 5.74) is 9.05. The fourth-order valence-electron chi connectivity index (χ4n) is 1.88. The van der Waals surface area contributed by atoms with Crippen molar-refractivity contribution >= 4 is 17.3 Å². The first-order chi connectivity index (χ1) is 8.97. The molecular weight excluding hydrogens is 243 g/mol. The standard InChI is InChI=1S/C15H15FN2O/c1-9-6-10(2)14(17)8-13(9)15(19)18-12-5-3-4-11(16)7-12/h3-8H,17H2,1-2H3,(H,18,19). The number of benzene rings is 2. The molecule has 0 saturated carbocycles. The van der Waals surface area contributed by atoms with Gasteiger partial charge in [-0.3, -0.25) is 4.79 Å². The number of aryl methyl sites for hydroxylation is 2. The average Bonchev–Trinajstić information content (AvgIpc) is 2.33. The molecule has 0 spiro atoms. The lowest BCUT2D eigenvalue weighted by Crippen LogP contribution is -2.14. The summed E-state index contributed by atoms with van der Waals surface area (Å²) in [4.78, 5) is 12.1. The van der Waals surface area contributed by atoms with Gasteiger partial charge in [-0.2, -0.15) is 0 Å². The minimum absolute atomic E-state index is 0.296. The summed E-state index contributed by atoms with van der Waals surface area (Å²) in [5.74, 6) is -0.687. The van der Waals surface area contributed by atoms with E-state index in [0.717, 1.165) is 11.1 Å². The normalized spacial score (nSPS) is 10.3. The van der Waals surface area contributed by atoms with Gasteiger partial charge in [-0.15, -0.1) is 0 Å². The Morgan fingerprint density at radius 1 is 1.16 bits per heavy atom. The lowest BCUT2D eigenvalue weighted by Gasteiger charge is -2.10. The molecule has 0 aromatic heterocycles. The first kappa shape index (κ1) is 13.1. The van der Waals surface area contributed by atoms with Crippen molar-refractivity contribution in [1.29, 1.82) is 0 Å². The summed E-state index contributed by atoms with van der Waals surface area (Å²) in [6.07, 6.45) is 0. The zero-order valence-electron chi connectivity index (χ0n) is 10.8. The number of rotatable bonds is 2. The van der Waals surface area contributed by atoms with Crippen molar-refractivity contribution in [3.05, 3.63) is 58.9 Å². The fourth-order valence-corrected chi connectivity index (χ4v) is 1.88. The van der Waals surface area contributed by atoms with Gasteiger partial charge in [0.2, 0.25) is 0 Å². The van der Waals surface area contributed by atoms with E-state index >= 15 is 0 Å². The van der Waals surface area contributed by atoms with Gasteiger partial charge in [0.25, 0.3) is 5.91 Å². The Balaban J connectivity index is 2.28. The summed E-state index contributed by atoms with van der Waals surface area (Å²) in [5, 5.41) is 2.65. The molecule has 1 amide bonds. The van der Waals surface area contributed by atoms with Crippen LogP contribution in [0.1, 0.15) is 21.5 Å². The second-order valence-corrected chi connectivity index (χ2v) is 4.49. The molecule has 0 unspecified atom stereocenters. The number of carbonyl (C=O) groups is 1. The highest BCUT2D eigenvalue weighted by molar-refractivity contribution is 6.05. The maximum atomic E-state index is 13.0. The van der Waals surface area contributed by atoms with E-state index in [0.29, 0.717) is 16.9 Å². The van der Waals surface area contributed by atoms with Crippen LogP contribution in [0.4, 0.5) is 15.8 Å². The third-order valence-electron chi connectivity index (χ3n) is 2.94. The minimum Gasteiger partial charge on any atom is -0.398 e. The molecule has 0 aliphatic rings. The van der Waals surface area contributed by atoms with Crippen molar-refractivity contribution < 1.29 is 9.18 Å². The number of amides is 1. The third kappa shape index (κ3) is 2.91. The van der Waals surface area contributed by atoms with Crippen molar-refractivity contribution in [2.75, 3.05) is 11.1 Å². The van der Waals surface area contributed by atoms with Crippen LogP contribution in [-0.4, -0.2) is 5.91 Å². The van der Waals surface area contributed by atoms with Crippen molar-refractivity contribution in [3.8, 4) is 0 Å².